The number of benzene rings is 1. The van der Waals surface area contributed by atoms with Crippen LogP contribution in [-0.4, -0.2) is 12.0 Å². The van der Waals surface area contributed by atoms with Crippen molar-refractivity contribution in [2.45, 2.75) is 6.54 Å². The molecule has 0 fully saturated rings. The Hall–Kier alpha value is -1.88. The number of aromatic nitrogens is 1. The van der Waals surface area contributed by atoms with Crippen LogP contribution in [0.1, 0.15) is 5.56 Å². The Bertz CT molecular complexity index is 604. The highest BCUT2D eigenvalue weighted by molar-refractivity contribution is 6.31. The Morgan fingerprint density at radius 3 is 2.63 bits per heavy atom. The smallest absolute Gasteiger partial charge is 0.168 e. The summed E-state index contributed by atoms with van der Waals surface area (Å²) >= 11 is 6.03. The van der Waals surface area contributed by atoms with Crippen LogP contribution in [0.15, 0.2) is 30.3 Å². The standard InChI is InChI=1S/C13H12ClF2N3/c1-19(7-8-4-2-3-5-9(8)14)13-11(16)6-10(15)12(17)18-13/h2-6H,7H2,1H3,(H2,17,18). The molecule has 19 heavy (non-hydrogen) atoms. The number of halogens is 3. The molecule has 0 atom stereocenters. The van der Waals surface area contributed by atoms with E-state index in [4.69, 9.17) is 17.3 Å². The molecule has 0 aliphatic carbocycles. The molecule has 1 aromatic carbocycles. The van der Waals surface area contributed by atoms with Crippen molar-refractivity contribution in [2.24, 2.45) is 0 Å². The first-order chi connectivity index (χ1) is 8.99. The fourth-order valence-corrected chi connectivity index (χ4v) is 1.89. The van der Waals surface area contributed by atoms with Gasteiger partial charge in [0.15, 0.2) is 23.3 Å². The summed E-state index contributed by atoms with van der Waals surface area (Å²) < 4.78 is 26.7. The summed E-state index contributed by atoms with van der Waals surface area (Å²) in [6, 6.07) is 7.93. The maximum atomic E-state index is 13.7. The van der Waals surface area contributed by atoms with Crippen molar-refractivity contribution in [3.63, 3.8) is 0 Å². The average molecular weight is 284 g/mol. The van der Waals surface area contributed by atoms with E-state index >= 15 is 0 Å². The van der Waals surface area contributed by atoms with Crippen LogP contribution >= 0.6 is 11.6 Å². The Morgan fingerprint density at radius 1 is 1.26 bits per heavy atom. The summed E-state index contributed by atoms with van der Waals surface area (Å²) in [5.74, 6) is -1.98. The first-order valence-corrected chi connectivity index (χ1v) is 5.93. The molecule has 100 valence electrons. The van der Waals surface area contributed by atoms with Gasteiger partial charge >= 0.3 is 0 Å². The fraction of sp³-hybridized carbons (Fsp3) is 0.154. The van der Waals surface area contributed by atoms with E-state index in [-0.39, 0.29) is 11.6 Å². The highest BCUT2D eigenvalue weighted by atomic mass is 35.5. The van der Waals surface area contributed by atoms with Gasteiger partial charge < -0.3 is 10.6 Å². The van der Waals surface area contributed by atoms with Crippen LogP contribution in [0.5, 0.6) is 0 Å². The second-order valence-electron chi connectivity index (χ2n) is 4.11. The molecular formula is C13H12ClF2N3. The molecule has 0 aliphatic heterocycles. The minimum atomic E-state index is -0.868. The lowest BCUT2D eigenvalue weighted by Crippen LogP contribution is -2.20. The fourth-order valence-electron chi connectivity index (χ4n) is 1.70. The van der Waals surface area contributed by atoms with Crippen molar-refractivity contribution in [3.05, 3.63) is 52.6 Å². The Morgan fingerprint density at radius 2 is 1.95 bits per heavy atom. The third-order valence-corrected chi connectivity index (χ3v) is 3.03. The number of hydrogen-bond acceptors (Lipinski definition) is 3. The van der Waals surface area contributed by atoms with Crippen molar-refractivity contribution < 1.29 is 8.78 Å². The molecule has 0 bridgehead atoms. The molecule has 0 spiro atoms. The van der Waals surface area contributed by atoms with E-state index < -0.39 is 11.6 Å². The third-order valence-electron chi connectivity index (χ3n) is 2.67. The van der Waals surface area contributed by atoms with E-state index in [2.05, 4.69) is 4.98 Å². The molecule has 0 saturated carbocycles. The van der Waals surface area contributed by atoms with E-state index in [0.29, 0.717) is 11.6 Å². The van der Waals surface area contributed by atoms with Gasteiger partial charge in [0, 0.05) is 24.7 Å². The monoisotopic (exact) mass is 283 g/mol. The van der Waals surface area contributed by atoms with E-state index in [1.54, 1.807) is 19.2 Å². The zero-order valence-electron chi connectivity index (χ0n) is 10.2. The van der Waals surface area contributed by atoms with Gasteiger partial charge in [-0.25, -0.2) is 13.8 Å². The van der Waals surface area contributed by atoms with Gasteiger partial charge in [0.2, 0.25) is 0 Å². The van der Waals surface area contributed by atoms with Gasteiger partial charge in [-0.2, -0.15) is 0 Å². The number of nitrogens with zero attached hydrogens (tertiary/aromatic N) is 2. The second kappa shape index (κ2) is 5.40. The summed E-state index contributed by atoms with van der Waals surface area (Å²) in [6.07, 6.45) is 0. The van der Waals surface area contributed by atoms with Gasteiger partial charge in [-0.15, -0.1) is 0 Å². The number of rotatable bonds is 3. The van der Waals surface area contributed by atoms with Crippen molar-refractivity contribution in [3.8, 4) is 0 Å². The summed E-state index contributed by atoms with van der Waals surface area (Å²) in [5, 5.41) is 0.574. The van der Waals surface area contributed by atoms with Crippen molar-refractivity contribution in [1.29, 1.82) is 0 Å². The number of anilines is 2. The summed E-state index contributed by atoms with van der Waals surface area (Å²) in [5.41, 5.74) is 6.16. The highest BCUT2D eigenvalue weighted by Gasteiger charge is 2.14. The zero-order valence-corrected chi connectivity index (χ0v) is 11.0. The Kier molecular flexibility index (Phi) is 3.85. The lowest BCUT2D eigenvalue weighted by atomic mass is 10.2. The molecular weight excluding hydrogens is 272 g/mol. The molecule has 3 nitrogen and oxygen atoms in total. The maximum absolute atomic E-state index is 13.7. The van der Waals surface area contributed by atoms with Gasteiger partial charge in [0.1, 0.15) is 0 Å². The molecule has 1 heterocycles. The molecule has 0 radical (unpaired) electrons. The summed E-state index contributed by atoms with van der Waals surface area (Å²) in [6.45, 7) is 0.342. The molecule has 6 heteroatoms. The van der Waals surface area contributed by atoms with E-state index in [9.17, 15) is 8.78 Å². The lowest BCUT2D eigenvalue weighted by Gasteiger charge is -2.19. The van der Waals surface area contributed by atoms with Crippen LogP contribution in [0, 0.1) is 11.6 Å². The van der Waals surface area contributed by atoms with Crippen LogP contribution < -0.4 is 10.6 Å². The van der Waals surface area contributed by atoms with Crippen molar-refractivity contribution in [2.75, 3.05) is 17.7 Å². The molecule has 0 aliphatic rings. The first kappa shape index (κ1) is 13.5. The SMILES string of the molecule is CN(Cc1ccccc1Cl)c1nc(N)c(F)cc1F. The molecule has 2 aromatic rings. The van der Waals surface area contributed by atoms with Gasteiger partial charge in [-0.05, 0) is 11.6 Å². The van der Waals surface area contributed by atoms with E-state index in [1.165, 1.54) is 4.90 Å². The van der Waals surface area contributed by atoms with Crippen molar-refractivity contribution in [1.82, 2.24) is 4.98 Å². The second-order valence-corrected chi connectivity index (χ2v) is 4.52. The van der Waals surface area contributed by atoms with E-state index in [1.807, 2.05) is 12.1 Å². The summed E-state index contributed by atoms with van der Waals surface area (Å²) in [7, 11) is 1.63. The van der Waals surface area contributed by atoms with Gasteiger partial charge in [-0.3, -0.25) is 0 Å². The minimum absolute atomic E-state index is 0.0150. The molecule has 0 saturated heterocycles. The molecule has 0 amide bonds. The maximum Gasteiger partial charge on any atom is 0.168 e. The normalized spacial score (nSPS) is 10.5. The van der Waals surface area contributed by atoms with E-state index in [0.717, 1.165) is 11.6 Å². The van der Waals surface area contributed by atoms with Crippen LogP contribution in [0.3, 0.4) is 0 Å². The first-order valence-electron chi connectivity index (χ1n) is 5.55. The number of nitrogen functional groups attached to an aromatic ring is 1. The lowest BCUT2D eigenvalue weighted by molar-refractivity contribution is 0.574. The highest BCUT2D eigenvalue weighted by Crippen LogP contribution is 2.23. The predicted octanol–water partition coefficient (Wildman–Crippen LogP) is 3.23. The third kappa shape index (κ3) is 2.93. The molecule has 0 unspecified atom stereocenters. The number of nitrogens with two attached hydrogens (primary N) is 1. The van der Waals surface area contributed by atoms with Gasteiger partial charge in [0.25, 0.3) is 0 Å². The molecule has 2 N–H and O–H groups in total. The van der Waals surface area contributed by atoms with Crippen LogP contribution in [0.2, 0.25) is 5.02 Å². The van der Waals surface area contributed by atoms with Crippen LogP contribution in [0.25, 0.3) is 0 Å². The Labute approximate surface area is 114 Å². The molecule has 1 aromatic heterocycles. The zero-order chi connectivity index (χ0) is 14.0. The average Bonchev–Trinajstić information content (AvgIpc) is 2.36. The number of pyridine rings is 1. The topological polar surface area (TPSA) is 42.2 Å². The largest absolute Gasteiger partial charge is 0.381 e. The number of hydrogen-bond donors (Lipinski definition) is 1. The predicted molar refractivity (Wildman–Crippen MR) is 72.1 cm³/mol. The van der Waals surface area contributed by atoms with Crippen LogP contribution in [-0.2, 0) is 6.54 Å². The quantitative estimate of drug-likeness (QED) is 0.940. The van der Waals surface area contributed by atoms with Gasteiger partial charge in [-0.1, -0.05) is 29.8 Å². The van der Waals surface area contributed by atoms with Gasteiger partial charge in [0.05, 0.1) is 0 Å². The minimum Gasteiger partial charge on any atom is -0.381 e. The Balaban J connectivity index is 2.28. The van der Waals surface area contributed by atoms with Crippen LogP contribution in [0.4, 0.5) is 20.4 Å². The van der Waals surface area contributed by atoms with Crippen molar-refractivity contribution >= 4 is 23.2 Å². The summed E-state index contributed by atoms with van der Waals surface area (Å²) in [4.78, 5) is 5.23. The molecule has 2 rings (SSSR count).